The van der Waals surface area contributed by atoms with Gasteiger partial charge in [-0.3, -0.25) is 19.1 Å². The molecule has 0 aliphatic carbocycles. The van der Waals surface area contributed by atoms with Gasteiger partial charge in [-0.1, -0.05) is 0 Å². The number of alkyl halides is 1. The summed E-state index contributed by atoms with van der Waals surface area (Å²) in [6, 6.07) is 3.23. The molecule has 0 aromatic carbocycles. The van der Waals surface area contributed by atoms with Crippen molar-refractivity contribution in [2.24, 2.45) is 0 Å². The molecular weight excluding hydrogens is 292 g/mol. The van der Waals surface area contributed by atoms with Crippen molar-refractivity contribution in [1.82, 2.24) is 19.4 Å². The van der Waals surface area contributed by atoms with Crippen LogP contribution in [0.2, 0.25) is 0 Å². The lowest BCUT2D eigenvalue weighted by Gasteiger charge is -2.29. The van der Waals surface area contributed by atoms with Gasteiger partial charge in [-0.25, -0.2) is 9.97 Å². The van der Waals surface area contributed by atoms with Gasteiger partial charge in [-0.05, 0) is 18.6 Å². The van der Waals surface area contributed by atoms with Crippen LogP contribution in [-0.4, -0.2) is 44.2 Å². The molecule has 2 aromatic heterocycles. The molecule has 1 unspecified atom stereocenters. The Morgan fingerprint density at radius 1 is 1.43 bits per heavy atom. The lowest BCUT2D eigenvalue weighted by atomic mass is 10.0. The predicted octanol–water partition coefficient (Wildman–Crippen LogP) is 1.53. The number of imide groups is 1. The Morgan fingerprint density at radius 3 is 3.00 bits per heavy atom. The van der Waals surface area contributed by atoms with Gasteiger partial charge in [0.1, 0.15) is 17.4 Å². The Balaban J connectivity index is 2.12. The number of aromatic nitrogens is 3. The average Bonchev–Trinajstić information content (AvgIpc) is 2.84. The second-order valence-electron chi connectivity index (χ2n) is 5.03. The van der Waals surface area contributed by atoms with Crippen molar-refractivity contribution in [2.45, 2.75) is 25.3 Å². The fourth-order valence-electron chi connectivity index (χ4n) is 2.70. The number of halogens is 1. The molecule has 0 radical (unpaired) electrons. The molecule has 0 saturated carbocycles. The maximum absolute atomic E-state index is 12.4. The smallest absolute Gasteiger partial charge is 0.252 e. The van der Waals surface area contributed by atoms with Gasteiger partial charge in [0.05, 0.1) is 0 Å². The van der Waals surface area contributed by atoms with Gasteiger partial charge in [0, 0.05) is 32.0 Å². The number of amides is 2. The number of carbonyl (C=O) groups is 2. The van der Waals surface area contributed by atoms with E-state index >= 15 is 0 Å². The van der Waals surface area contributed by atoms with Gasteiger partial charge in [-0.15, -0.1) is 11.6 Å². The van der Waals surface area contributed by atoms with Crippen LogP contribution in [0.1, 0.15) is 24.7 Å². The number of fused-ring (bicyclic) bond motifs is 1. The number of aryl methyl sites for hydroxylation is 1. The molecule has 7 heteroatoms. The second kappa shape index (κ2) is 5.44. The fourth-order valence-corrected chi connectivity index (χ4v) is 2.87. The van der Waals surface area contributed by atoms with Crippen LogP contribution in [0.5, 0.6) is 0 Å². The summed E-state index contributed by atoms with van der Waals surface area (Å²) in [5, 5.41) is 0. The topological polar surface area (TPSA) is 68.1 Å². The number of hydrogen-bond donors (Lipinski definition) is 0. The van der Waals surface area contributed by atoms with E-state index in [0.717, 1.165) is 11.3 Å². The minimum atomic E-state index is -0.439. The molecule has 2 amide bonds. The van der Waals surface area contributed by atoms with Gasteiger partial charge < -0.3 is 0 Å². The first-order chi connectivity index (χ1) is 10.1. The first-order valence-electron chi connectivity index (χ1n) is 6.81. The maximum Gasteiger partial charge on any atom is 0.252 e. The highest BCUT2D eigenvalue weighted by atomic mass is 35.5. The summed E-state index contributed by atoms with van der Waals surface area (Å²) in [4.78, 5) is 34.1. The van der Waals surface area contributed by atoms with Gasteiger partial charge in [-0.2, -0.15) is 0 Å². The number of piperidine rings is 1. The van der Waals surface area contributed by atoms with Gasteiger partial charge in [0.15, 0.2) is 5.65 Å². The minimum Gasteiger partial charge on any atom is -0.300 e. The number of imidazole rings is 1. The third-order valence-corrected chi connectivity index (χ3v) is 3.96. The van der Waals surface area contributed by atoms with E-state index in [1.807, 2.05) is 16.7 Å². The lowest BCUT2D eigenvalue weighted by molar-refractivity contribution is -0.149. The van der Waals surface area contributed by atoms with E-state index < -0.39 is 6.04 Å². The summed E-state index contributed by atoms with van der Waals surface area (Å²) in [7, 11) is 1.52. The van der Waals surface area contributed by atoms with Crippen LogP contribution in [0.3, 0.4) is 0 Å². The summed E-state index contributed by atoms with van der Waals surface area (Å²) in [6.45, 7) is 0. The lowest BCUT2D eigenvalue weighted by Crippen LogP contribution is -2.43. The van der Waals surface area contributed by atoms with Crippen LogP contribution >= 0.6 is 11.6 Å². The predicted molar refractivity (Wildman–Crippen MR) is 78.0 cm³/mol. The van der Waals surface area contributed by atoms with Crippen LogP contribution in [0.15, 0.2) is 18.3 Å². The van der Waals surface area contributed by atoms with Gasteiger partial charge in [0.2, 0.25) is 5.91 Å². The van der Waals surface area contributed by atoms with Crippen molar-refractivity contribution < 1.29 is 9.59 Å². The Hall–Kier alpha value is -1.95. The van der Waals surface area contributed by atoms with Crippen LogP contribution < -0.4 is 0 Å². The molecule has 0 N–H and O–H groups in total. The quantitative estimate of drug-likeness (QED) is 0.637. The summed E-state index contributed by atoms with van der Waals surface area (Å²) in [6.07, 6.45) is 3.05. The highest BCUT2D eigenvalue weighted by Crippen LogP contribution is 2.28. The van der Waals surface area contributed by atoms with Crippen molar-refractivity contribution in [3.8, 4) is 0 Å². The summed E-state index contributed by atoms with van der Waals surface area (Å²) in [5.41, 5.74) is 1.41. The van der Waals surface area contributed by atoms with Crippen molar-refractivity contribution >= 4 is 34.6 Å². The van der Waals surface area contributed by atoms with Crippen molar-refractivity contribution in [1.29, 1.82) is 0 Å². The largest absolute Gasteiger partial charge is 0.300 e. The fraction of sp³-hybridized carbons (Fsp3) is 0.429. The minimum absolute atomic E-state index is 0.146. The molecule has 110 valence electrons. The molecule has 3 heterocycles. The van der Waals surface area contributed by atoms with Crippen molar-refractivity contribution in [2.75, 3.05) is 12.9 Å². The standard InChI is InChI=1S/C14H15ClN4O2/c1-18-12(20)5-4-10(14(18)21)19-11(6-7-15)17-9-3-2-8-16-13(9)19/h2-3,8,10H,4-7H2,1H3. The third kappa shape index (κ3) is 2.29. The highest BCUT2D eigenvalue weighted by Gasteiger charge is 2.35. The van der Waals surface area contributed by atoms with E-state index in [0.29, 0.717) is 30.8 Å². The number of nitrogens with zero attached hydrogens (tertiary/aromatic N) is 4. The molecule has 6 nitrogen and oxygen atoms in total. The molecule has 1 saturated heterocycles. The van der Waals surface area contributed by atoms with Crippen LogP contribution in [-0.2, 0) is 16.0 Å². The van der Waals surface area contributed by atoms with Gasteiger partial charge in [0.25, 0.3) is 5.91 Å². The van der Waals surface area contributed by atoms with Crippen LogP contribution in [0, 0.1) is 0 Å². The molecule has 0 spiro atoms. The molecule has 2 aromatic rings. The second-order valence-corrected chi connectivity index (χ2v) is 5.41. The molecule has 1 aliphatic rings. The molecule has 3 rings (SSSR count). The van der Waals surface area contributed by atoms with Crippen molar-refractivity contribution in [3.63, 3.8) is 0 Å². The summed E-state index contributed by atoms with van der Waals surface area (Å²) >= 11 is 5.84. The van der Waals surface area contributed by atoms with Crippen LogP contribution in [0.25, 0.3) is 11.2 Å². The monoisotopic (exact) mass is 306 g/mol. The van der Waals surface area contributed by atoms with Crippen molar-refractivity contribution in [3.05, 3.63) is 24.2 Å². The number of pyridine rings is 1. The van der Waals surface area contributed by atoms with E-state index in [1.54, 1.807) is 6.20 Å². The van der Waals surface area contributed by atoms with E-state index in [4.69, 9.17) is 11.6 Å². The zero-order valence-electron chi connectivity index (χ0n) is 11.6. The van der Waals surface area contributed by atoms with E-state index in [2.05, 4.69) is 9.97 Å². The summed E-state index contributed by atoms with van der Waals surface area (Å²) < 4.78 is 1.84. The highest BCUT2D eigenvalue weighted by molar-refractivity contribution is 6.18. The zero-order valence-corrected chi connectivity index (χ0v) is 12.4. The first-order valence-corrected chi connectivity index (χ1v) is 7.35. The molecule has 1 aliphatic heterocycles. The molecule has 21 heavy (non-hydrogen) atoms. The number of rotatable bonds is 3. The Kier molecular flexibility index (Phi) is 3.63. The van der Waals surface area contributed by atoms with E-state index in [-0.39, 0.29) is 11.8 Å². The normalized spacial score (nSPS) is 19.5. The average molecular weight is 307 g/mol. The number of hydrogen-bond acceptors (Lipinski definition) is 4. The molecule has 0 bridgehead atoms. The molecule has 1 fully saturated rings. The number of likely N-dealkylation sites (N-methyl/N-ethyl adjacent to an activating group) is 1. The Morgan fingerprint density at radius 2 is 2.24 bits per heavy atom. The zero-order chi connectivity index (χ0) is 15.0. The van der Waals surface area contributed by atoms with Gasteiger partial charge >= 0.3 is 0 Å². The SMILES string of the molecule is CN1C(=O)CCC(n2c(CCCl)nc3cccnc32)C1=O. The summed E-state index contributed by atoms with van der Waals surface area (Å²) in [5.74, 6) is 0.790. The first kappa shape index (κ1) is 14.0. The molecular formula is C14H15ClN4O2. The Labute approximate surface area is 126 Å². The maximum atomic E-state index is 12.4. The van der Waals surface area contributed by atoms with E-state index in [9.17, 15) is 9.59 Å². The number of likely N-dealkylation sites (tertiary alicyclic amines) is 1. The Bertz CT molecular complexity index is 712. The van der Waals surface area contributed by atoms with E-state index in [1.165, 1.54) is 11.9 Å². The third-order valence-electron chi connectivity index (χ3n) is 3.77. The molecule has 1 atom stereocenters. The van der Waals surface area contributed by atoms with Crippen LogP contribution in [0.4, 0.5) is 0 Å². The number of carbonyl (C=O) groups excluding carboxylic acids is 2.